The number of aliphatic hydroxyl groups is 1. The van der Waals surface area contributed by atoms with Gasteiger partial charge in [-0.25, -0.2) is 14.2 Å². The maximum atomic E-state index is 15.0. The topological polar surface area (TPSA) is 105 Å². The molecular formula is C23H20FN3O4S. The molecule has 32 heavy (non-hydrogen) atoms. The van der Waals surface area contributed by atoms with Gasteiger partial charge in [-0.2, -0.15) is 9.78 Å². The van der Waals surface area contributed by atoms with E-state index in [-0.39, 0.29) is 22.2 Å². The third kappa shape index (κ3) is 3.69. The second kappa shape index (κ2) is 7.92. The summed E-state index contributed by atoms with van der Waals surface area (Å²) in [5, 5.41) is 25.5. The summed E-state index contributed by atoms with van der Waals surface area (Å²) in [7, 11) is 0. The Labute approximate surface area is 186 Å². The van der Waals surface area contributed by atoms with Crippen molar-refractivity contribution in [3.63, 3.8) is 0 Å². The number of benzene rings is 2. The van der Waals surface area contributed by atoms with Crippen LogP contribution in [-0.4, -0.2) is 30.9 Å². The molecule has 0 spiro atoms. The van der Waals surface area contributed by atoms with Crippen LogP contribution in [0.1, 0.15) is 42.4 Å². The first-order chi connectivity index (χ1) is 15.1. The molecule has 164 valence electrons. The summed E-state index contributed by atoms with van der Waals surface area (Å²) >= 11 is 1.11. The number of hydrogen-bond donors (Lipinski definition) is 2. The molecule has 0 radical (unpaired) electrons. The van der Waals surface area contributed by atoms with Crippen LogP contribution >= 0.6 is 11.3 Å². The van der Waals surface area contributed by atoms with E-state index in [0.717, 1.165) is 21.6 Å². The van der Waals surface area contributed by atoms with Crippen molar-refractivity contribution in [1.82, 2.24) is 14.8 Å². The molecule has 0 saturated carbocycles. The fraction of sp³-hybridized carbons (Fsp3) is 0.217. The van der Waals surface area contributed by atoms with Gasteiger partial charge in [-0.15, -0.1) is 11.3 Å². The zero-order chi connectivity index (χ0) is 23.2. The molecule has 0 amide bonds. The molecule has 4 aromatic rings. The molecule has 0 unspecified atom stereocenters. The predicted octanol–water partition coefficient (Wildman–Crippen LogP) is 4.14. The summed E-state index contributed by atoms with van der Waals surface area (Å²) in [6.07, 6.45) is 1.43. The molecule has 2 N–H and O–H groups in total. The number of rotatable bonds is 4. The van der Waals surface area contributed by atoms with Crippen LogP contribution in [0.3, 0.4) is 0 Å². The zero-order valence-electron chi connectivity index (χ0n) is 17.6. The molecule has 0 aliphatic rings. The first kappa shape index (κ1) is 21.8. The minimum absolute atomic E-state index is 0.0929. The number of carboxylic acid groups (broad SMARTS) is 1. The Bertz CT molecular complexity index is 1420. The average molecular weight is 453 g/mol. The summed E-state index contributed by atoms with van der Waals surface area (Å²) in [5.74, 6) is -1.80. The molecular weight excluding hydrogens is 433 g/mol. The number of aromatic nitrogens is 3. The molecule has 0 aliphatic carbocycles. The first-order valence-electron chi connectivity index (χ1n) is 9.76. The number of thiazole rings is 1. The molecule has 2 heterocycles. The summed E-state index contributed by atoms with van der Waals surface area (Å²) in [6, 6.07) is 8.01. The Hall–Kier alpha value is -3.43. The molecule has 7 nitrogen and oxygen atoms in total. The lowest BCUT2D eigenvalue weighted by molar-refractivity contribution is 0.0691. The van der Waals surface area contributed by atoms with Crippen LogP contribution in [0, 0.1) is 5.82 Å². The van der Waals surface area contributed by atoms with E-state index in [2.05, 4.69) is 10.1 Å². The second-order valence-electron chi connectivity index (χ2n) is 8.34. The van der Waals surface area contributed by atoms with E-state index >= 15 is 0 Å². The Kier molecular flexibility index (Phi) is 5.39. The van der Waals surface area contributed by atoms with Crippen LogP contribution in [-0.2, 0) is 12.0 Å². The molecule has 0 fully saturated rings. The van der Waals surface area contributed by atoms with Crippen molar-refractivity contribution in [3.05, 3.63) is 74.9 Å². The van der Waals surface area contributed by atoms with Crippen LogP contribution in [0.25, 0.3) is 27.0 Å². The van der Waals surface area contributed by atoms with Crippen LogP contribution < -0.4 is 5.56 Å². The van der Waals surface area contributed by atoms with E-state index < -0.39 is 24.0 Å². The Balaban J connectivity index is 1.93. The van der Waals surface area contributed by atoms with Gasteiger partial charge in [0.1, 0.15) is 10.8 Å². The highest BCUT2D eigenvalue weighted by atomic mass is 32.1. The van der Waals surface area contributed by atoms with Crippen LogP contribution in [0.5, 0.6) is 0 Å². The number of halogens is 1. The molecule has 0 atom stereocenters. The van der Waals surface area contributed by atoms with Gasteiger partial charge in [-0.05, 0) is 29.2 Å². The SMILES string of the molecule is CC(C)(C)c1cc(F)c2c(=O)n(-c3cccc(-c4nc(C(=O)O)cs4)c3CO)ncc2c1. The van der Waals surface area contributed by atoms with Gasteiger partial charge in [0.15, 0.2) is 5.69 Å². The third-order valence-electron chi connectivity index (χ3n) is 5.20. The van der Waals surface area contributed by atoms with E-state index in [1.165, 1.54) is 17.6 Å². The number of aliphatic hydroxyl groups excluding tert-OH is 1. The minimum atomic E-state index is -1.16. The highest BCUT2D eigenvalue weighted by molar-refractivity contribution is 7.13. The second-order valence-corrected chi connectivity index (χ2v) is 9.20. The van der Waals surface area contributed by atoms with E-state index in [1.807, 2.05) is 20.8 Å². The number of hydrogen-bond acceptors (Lipinski definition) is 6. The van der Waals surface area contributed by atoms with Crippen molar-refractivity contribution >= 4 is 28.1 Å². The van der Waals surface area contributed by atoms with Crippen molar-refractivity contribution < 1.29 is 19.4 Å². The fourth-order valence-electron chi connectivity index (χ4n) is 3.47. The monoisotopic (exact) mass is 453 g/mol. The van der Waals surface area contributed by atoms with Gasteiger partial charge in [-0.3, -0.25) is 4.79 Å². The van der Waals surface area contributed by atoms with E-state index in [4.69, 9.17) is 5.11 Å². The quantitative estimate of drug-likeness (QED) is 0.481. The molecule has 0 aliphatic heterocycles. The van der Waals surface area contributed by atoms with Gasteiger partial charge >= 0.3 is 5.97 Å². The molecule has 2 aromatic heterocycles. The minimum Gasteiger partial charge on any atom is -0.476 e. The molecule has 2 aromatic carbocycles. The highest BCUT2D eigenvalue weighted by Crippen LogP contribution is 2.31. The normalized spacial score (nSPS) is 11.8. The van der Waals surface area contributed by atoms with Crippen molar-refractivity contribution in [2.45, 2.75) is 32.8 Å². The van der Waals surface area contributed by atoms with Crippen molar-refractivity contribution in [2.75, 3.05) is 0 Å². The largest absolute Gasteiger partial charge is 0.476 e. The highest BCUT2D eigenvalue weighted by Gasteiger charge is 2.21. The number of aromatic carboxylic acids is 1. The van der Waals surface area contributed by atoms with Crippen molar-refractivity contribution in [1.29, 1.82) is 0 Å². The standard InChI is InChI=1S/C23H20FN3O4S/c1-23(2,3)13-7-12-9-25-27(21(29)19(12)16(24)8-13)18-6-4-5-14(15(18)10-28)20-26-17(11-32-20)22(30)31/h4-9,11,28H,10H2,1-3H3,(H,30,31). The van der Waals surface area contributed by atoms with Gasteiger partial charge in [-0.1, -0.05) is 32.9 Å². The van der Waals surface area contributed by atoms with Crippen LogP contribution in [0.2, 0.25) is 0 Å². The van der Waals surface area contributed by atoms with Gasteiger partial charge in [0, 0.05) is 21.9 Å². The van der Waals surface area contributed by atoms with E-state index in [9.17, 15) is 19.1 Å². The summed E-state index contributed by atoms with van der Waals surface area (Å²) in [5.41, 5.74) is 0.750. The average Bonchev–Trinajstić information content (AvgIpc) is 3.23. The van der Waals surface area contributed by atoms with Gasteiger partial charge in [0.05, 0.1) is 23.9 Å². The Morgan fingerprint density at radius 3 is 2.62 bits per heavy atom. The van der Waals surface area contributed by atoms with Gasteiger partial charge < -0.3 is 10.2 Å². The summed E-state index contributed by atoms with van der Waals surface area (Å²) < 4.78 is 16.0. The maximum Gasteiger partial charge on any atom is 0.355 e. The van der Waals surface area contributed by atoms with Crippen LogP contribution in [0.15, 0.2) is 46.7 Å². The summed E-state index contributed by atoms with van der Waals surface area (Å²) in [4.78, 5) is 28.5. The smallest absolute Gasteiger partial charge is 0.355 e. The number of carboxylic acids is 1. The Morgan fingerprint density at radius 2 is 2.00 bits per heavy atom. The van der Waals surface area contributed by atoms with E-state index in [0.29, 0.717) is 21.5 Å². The van der Waals surface area contributed by atoms with Crippen LogP contribution in [0.4, 0.5) is 4.39 Å². The van der Waals surface area contributed by atoms with E-state index in [1.54, 1.807) is 24.3 Å². The lowest BCUT2D eigenvalue weighted by Crippen LogP contribution is -2.24. The number of carbonyl (C=O) groups is 1. The lowest BCUT2D eigenvalue weighted by atomic mass is 9.86. The lowest BCUT2D eigenvalue weighted by Gasteiger charge is -2.20. The third-order valence-corrected chi connectivity index (χ3v) is 6.07. The van der Waals surface area contributed by atoms with Crippen molar-refractivity contribution in [2.24, 2.45) is 0 Å². The number of fused-ring (bicyclic) bond motifs is 1. The maximum absolute atomic E-state index is 15.0. The van der Waals surface area contributed by atoms with Crippen molar-refractivity contribution in [3.8, 4) is 16.3 Å². The zero-order valence-corrected chi connectivity index (χ0v) is 18.4. The molecule has 0 saturated heterocycles. The molecule has 4 rings (SSSR count). The summed E-state index contributed by atoms with van der Waals surface area (Å²) in [6.45, 7) is 5.41. The predicted molar refractivity (Wildman–Crippen MR) is 120 cm³/mol. The van der Waals surface area contributed by atoms with Gasteiger partial charge in [0.25, 0.3) is 5.56 Å². The molecule has 9 heteroatoms. The van der Waals surface area contributed by atoms with Gasteiger partial charge in [0.2, 0.25) is 0 Å². The Morgan fingerprint density at radius 1 is 1.25 bits per heavy atom. The first-order valence-corrected chi connectivity index (χ1v) is 10.6. The molecule has 0 bridgehead atoms. The fourth-order valence-corrected chi connectivity index (χ4v) is 4.32. The number of nitrogens with zero attached hydrogens (tertiary/aromatic N) is 3.